The first kappa shape index (κ1) is 23.9. The molecule has 0 bridgehead atoms. The summed E-state index contributed by atoms with van der Waals surface area (Å²) in [6.45, 7) is 5.87. The summed E-state index contributed by atoms with van der Waals surface area (Å²) in [5.41, 5.74) is 8.49. The van der Waals surface area contributed by atoms with Crippen molar-refractivity contribution in [2.24, 2.45) is 0 Å². The Hall–Kier alpha value is -3.71. The molecule has 0 spiro atoms. The van der Waals surface area contributed by atoms with Crippen LogP contribution in [0.2, 0.25) is 0 Å². The molecule has 0 unspecified atom stereocenters. The van der Waals surface area contributed by atoms with E-state index < -0.39 is 23.7 Å². The van der Waals surface area contributed by atoms with E-state index in [1.54, 1.807) is 24.3 Å². The summed E-state index contributed by atoms with van der Waals surface area (Å²) in [5, 5.41) is 2.72. The van der Waals surface area contributed by atoms with E-state index in [1.165, 1.54) is 24.3 Å². The molecule has 0 aromatic heterocycles. The van der Waals surface area contributed by atoms with Gasteiger partial charge < -0.3 is 10.1 Å². The quantitative estimate of drug-likeness (QED) is 0.416. The van der Waals surface area contributed by atoms with Gasteiger partial charge in [0, 0.05) is 5.69 Å². The van der Waals surface area contributed by atoms with Gasteiger partial charge in [-0.3, -0.25) is 15.0 Å². The van der Waals surface area contributed by atoms with Crippen molar-refractivity contribution in [1.29, 1.82) is 0 Å². The third kappa shape index (κ3) is 6.89. The molecule has 0 aliphatic heterocycles. The number of nitrogens with one attached hydrogen (secondary N) is 3. The third-order valence-corrected chi connectivity index (χ3v) is 5.01. The van der Waals surface area contributed by atoms with Gasteiger partial charge in [0.25, 0.3) is 5.91 Å². The Balaban J connectivity index is 1.64. The first-order valence-electron chi connectivity index (χ1n) is 10.7. The lowest BCUT2D eigenvalue weighted by atomic mass is 10.0. The number of ether oxygens (including phenoxy) is 1. The maximum Gasteiger partial charge on any atom is 0.272 e. The average molecular weight is 450 g/mol. The molecule has 3 aromatic rings. The summed E-state index contributed by atoms with van der Waals surface area (Å²) >= 11 is 0. The van der Waals surface area contributed by atoms with E-state index in [9.17, 15) is 14.0 Å². The fourth-order valence-electron chi connectivity index (χ4n) is 3.27. The van der Waals surface area contributed by atoms with Crippen LogP contribution in [0.4, 0.5) is 10.1 Å². The fraction of sp³-hybridized carbons (Fsp3) is 0.231. The highest BCUT2D eigenvalue weighted by molar-refractivity contribution is 5.95. The Morgan fingerprint density at radius 1 is 0.970 bits per heavy atom. The number of carbonyl (C=O) groups excluding carboxylic acids is 2. The molecule has 7 heteroatoms. The summed E-state index contributed by atoms with van der Waals surface area (Å²) in [5.74, 6) is -0.322. The maximum atomic E-state index is 13.2. The van der Waals surface area contributed by atoms with E-state index in [0.717, 1.165) is 11.1 Å². The first-order chi connectivity index (χ1) is 15.8. The van der Waals surface area contributed by atoms with E-state index >= 15 is 0 Å². The predicted molar refractivity (Wildman–Crippen MR) is 126 cm³/mol. The minimum Gasteiger partial charge on any atom is -0.483 e. The molecule has 0 aliphatic carbocycles. The molecule has 0 saturated heterocycles. The second kappa shape index (κ2) is 11.2. The standard InChI is InChI=1S/C26H28FN3O3/c1-17(2)22-14-9-18(3)15-23(22)33-16-24(31)29-30-25(19-7-5-4-6-8-19)26(32)28-21-12-10-20(27)11-13-21/h4-15,17,25,30H,16H2,1-3H3,(H,28,32)(H,29,31)/t25-/m1/s1. The number of hydrazine groups is 1. The molecule has 172 valence electrons. The first-order valence-corrected chi connectivity index (χ1v) is 10.7. The van der Waals surface area contributed by atoms with Crippen LogP contribution in [0.15, 0.2) is 72.8 Å². The Morgan fingerprint density at radius 2 is 1.67 bits per heavy atom. The van der Waals surface area contributed by atoms with E-state index in [-0.39, 0.29) is 12.5 Å². The minimum atomic E-state index is -0.870. The van der Waals surface area contributed by atoms with E-state index in [4.69, 9.17) is 4.74 Å². The molecule has 0 heterocycles. The second-order valence-corrected chi connectivity index (χ2v) is 8.02. The van der Waals surface area contributed by atoms with Crippen molar-refractivity contribution in [3.8, 4) is 5.75 Å². The number of hydrogen-bond donors (Lipinski definition) is 3. The van der Waals surface area contributed by atoms with Gasteiger partial charge in [-0.25, -0.2) is 9.82 Å². The van der Waals surface area contributed by atoms with Crippen molar-refractivity contribution in [1.82, 2.24) is 10.9 Å². The zero-order chi connectivity index (χ0) is 23.8. The van der Waals surface area contributed by atoms with Gasteiger partial charge >= 0.3 is 0 Å². The molecule has 3 rings (SSSR count). The van der Waals surface area contributed by atoms with Crippen LogP contribution < -0.4 is 20.9 Å². The maximum absolute atomic E-state index is 13.2. The largest absolute Gasteiger partial charge is 0.483 e. The smallest absolute Gasteiger partial charge is 0.272 e. The van der Waals surface area contributed by atoms with Gasteiger partial charge in [-0.1, -0.05) is 56.3 Å². The van der Waals surface area contributed by atoms with Crippen molar-refractivity contribution in [2.75, 3.05) is 11.9 Å². The molecule has 3 aromatic carbocycles. The van der Waals surface area contributed by atoms with Crippen molar-refractivity contribution in [3.05, 3.63) is 95.3 Å². The van der Waals surface area contributed by atoms with Gasteiger partial charge in [-0.15, -0.1) is 0 Å². The van der Waals surface area contributed by atoms with Gasteiger partial charge in [0.05, 0.1) is 0 Å². The van der Waals surface area contributed by atoms with Gasteiger partial charge in [-0.05, 0) is 59.9 Å². The lowest BCUT2D eigenvalue weighted by molar-refractivity contribution is -0.125. The van der Waals surface area contributed by atoms with E-state index in [2.05, 4.69) is 30.0 Å². The van der Waals surface area contributed by atoms with Crippen LogP contribution >= 0.6 is 0 Å². The number of benzene rings is 3. The van der Waals surface area contributed by atoms with Crippen LogP contribution in [0.5, 0.6) is 5.75 Å². The molecule has 0 radical (unpaired) electrons. The summed E-state index contributed by atoms with van der Waals surface area (Å²) < 4.78 is 18.9. The average Bonchev–Trinajstić information content (AvgIpc) is 2.80. The van der Waals surface area contributed by atoms with Crippen LogP contribution in [0.25, 0.3) is 0 Å². The van der Waals surface area contributed by atoms with E-state index in [0.29, 0.717) is 17.0 Å². The molecule has 6 nitrogen and oxygen atoms in total. The monoisotopic (exact) mass is 449 g/mol. The summed E-state index contributed by atoms with van der Waals surface area (Å²) in [4.78, 5) is 25.4. The van der Waals surface area contributed by atoms with Crippen molar-refractivity contribution in [2.45, 2.75) is 32.7 Å². The Kier molecular flexibility index (Phi) is 8.16. The highest BCUT2D eigenvalue weighted by Crippen LogP contribution is 2.27. The molecule has 3 N–H and O–H groups in total. The molecular weight excluding hydrogens is 421 g/mol. The van der Waals surface area contributed by atoms with Gasteiger partial charge in [-0.2, -0.15) is 0 Å². The highest BCUT2D eigenvalue weighted by Gasteiger charge is 2.21. The van der Waals surface area contributed by atoms with Gasteiger partial charge in [0.15, 0.2) is 6.61 Å². The molecule has 2 amide bonds. The lowest BCUT2D eigenvalue weighted by Crippen LogP contribution is -2.46. The molecule has 33 heavy (non-hydrogen) atoms. The number of rotatable bonds is 9. The molecule has 0 aliphatic rings. The van der Waals surface area contributed by atoms with Gasteiger partial charge in [0.1, 0.15) is 17.6 Å². The second-order valence-electron chi connectivity index (χ2n) is 8.02. The Labute approximate surface area is 193 Å². The molecule has 1 atom stereocenters. The SMILES string of the molecule is Cc1ccc(C(C)C)c(OCC(=O)NN[C@@H](C(=O)Nc2ccc(F)cc2)c2ccccc2)c1. The highest BCUT2D eigenvalue weighted by atomic mass is 19.1. The number of hydrogen-bond acceptors (Lipinski definition) is 4. The lowest BCUT2D eigenvalue weighted by Gasteiger charge is -2.20. The zero-order valence-electron chi connectivity index (χ0n) is 18.9. The molecule has 0 saturated carbocycles. The number of anilines is 1. The van der Waals surface area contributed by atoms with Crippen LogP contribution in [0.1, 0.15) is 42.5 Å². The summed E-state index contributed by atoms with van der Waals surface area (Å²) in [7, 11) is 0. The third-order valence-electron chi connectivity index (χ3n) is 5.01. The summed E-state index contributed by atoms with van der Waals surface area (Å²) in [6.07, 6.45) is 0. The fourth-order valence-corrected chi connectivity index (χ4v) is 3.27. The number of halogens is 1. The Bertz CT molecular complexity index is 1090. The zero-order valence-corrected chi connectivity index (χ0v) is 18.9. The number of carbonyl (C=O) groups is 2. The minimum absolute atomic E-state index is 0.211. The van der Waals surface area contributed by atoms with Gasteiger partial charge in [0.2, 0.25) is 5.91 Å². The predicted octanol–water partition coefficient (Wildman–Crippen LogP) is 4.64. The number of amides is 2. The van der Waals surface area contributed by atoms with Crippen LogP contribution in [0, 0.1) is 12.7 Å². The van der Waals surface area contributed by atoms with Crippen LogP contribution in [0.3, 0.4) is 0 Å². The van der Waals surface area contributed by atoms with Crippen molar-refractivity contribution < 1.29 is 18.7 Å². The van der Waals surface area contributed by atoms with Crippen molar-refractivity contribution >= 4 is 17.5 Å². The Morgan fingerprint density at radius 3 is 2.33 bits per heavy atom. The topological polar surface area (TPSA) is 79.5 Å². The van der Waals surface area contributed by atoms with E-state index in [1.807, 2.05) is 31.2 Å². The number of aryl methyl sites for hydroxylation is 1. The van der Waals surface area contributed by atoms with Crippen LogP contribution in [-0.2, 0) is 9.59 Å². The molecular formula is C26H28FN3O3. The normalized spacial score (nSPS) is 11.7. The molecule has 0 fully saturated rings. The summed E-state index contributed by atoms with van der Waals surface area (Å²) in [6, 6.07) is 19.5. The van der Waals surface area contributed by atoms with Crippen molar-refractivity contribution in [3.63, 3.8) is 0 Å². The van der Waals surface area contributed by atoms with Crippen LogP contribution in [-0.4, -0.2) is 18.4 Å².